The monoisotopic (exact) mass is 599 g/mol. The molecule has 2 unspecified atom stereocenters. The molecule has 12 heteroatoms. The van der Waals surface area contributed by atoms with Crippen LogP contribution in [0, 0.1) is 5.92 Å². The molecule has 3 aromatic rings. The van der Waals surface area contributed by atoms with Crippen LogP contribution < -0.4 is 15.5 Å². The van der Waals surface area contributed by atoms with Crippen LogP contribution in [0.15, 0.2) is 53.1 Å². The van der Waals surface area contributed by atoms with Gasteiger partial charge in [-0.25, -0.2) is 0 Å². The molecular formula is C30H37BF3N5O2S. The number of halogens is 3. The smallest absolute Gasteiger partial charge is 0.0215 e. The molecular weight excluding hydrogens is 562 g/mol. The zero-order valence-electron chi connectivity index (χ0n) is 23.9. The van der Waals surface area contributed by atoms with Crippen molar-refractivity contribution in [1.82, 2.24) is 15.4 Å². The zero-order valence-corrected chi connectivity index (χ0v) is 24.8. The number of hydrogen-bond acceptors (Lipinski definition) is 7. The molecule has 3 aliphatic rings. The summed E-state index contributed by atoms with van der Waals surface area (Å²) in [5, 5.41) is 10.7. The molecule has 3 atom stereocenters. The normalized spacial score (nSPS) is 22.1. The number of piperidine rings is 1. The van der Waals surface area contributed by atoms with Crippen LogP contribution >= 0.6 is 12.6 Å². The summed E-state index contributed by atoms with van der Waals surface area (Å²) in [7, 11) is 2.10. The molecule has 7 nitrogen and oxygen atoms in total. The average Bonchev–Trinajstić information content (AvgIpc) is 3.52. The number of nitrogens with one attached hydrogen (secondary N) is 2. The van der Waals surface area contributed by atoms with E-state index in [1.54, 1.807) is 19.2 Å². The van der Waals surface area contributed by atoms with E-state index in [0.29, 0.717) is 23.4 Å². The van der Waals surface area contributed by atoms with Crippen molar-refractivity contribution in [3.8, 4) is 0 Å². The molecule has 1 aliphatic carbocycles. The summed E-state index contributed by atoms with van der Waals surface area (Å²) in [5.41, 5.74) is 4.33. The Balaban J connectivity index is 0.00000173. The number of thiol groups is 1. The van der Waals surface area contributed by atoms with Gasteiger partial charge in [-0.15, -0.1) is 0 Å². The third kappa shape index (κ3) is 7.14. The van der Waals surface area contributed by atoms with Gasteiger partial charge in [-0.1, -0.05) is 0 Å². The Labute approximate surface area is 250 Å². The summed E-state index contributed by atoms with van der Waals surface area (Å²) < 4.78 is 46.6. The maximum atomic E-state index is 13.7. The van der Waals surface area contributed by atoms with E-state index in [9.17, 15) is 18.0 Å². The molecule has 2 aromatic carbocycles. The fraction of sp³-hybridized carbons (Fsp3) is 0.500. The number of nitrogens with zero attached hydrogens (tertiary/aromatic N) is 3. The molecule has 0 bridgehead atoms. The van der Waals surface area contributed by atoms with Gasteiger partial charge >= 0.3 is 232 Å². The number of hydrogen-bond donors (Lipinski definition) is 3. The SMILES string of the molecule is CN1CCC(Nc2cccc3c2CC(c2bc(CNC(=O)C4C[C@H]4c4ccccc4)on2)N3CC(F)(F)F)CC1.CS. The summed E-state index contributed by atoms with van der Waals surface area (Å²) >= 11 is 3.53. The first-order valence-electron chi connectivity index (χ1n) is 14.4. The van der Waals surface area contributed by atoms with Crippen molar-refractivity contribution in [3.63, 3.8) is 0 Å². The second-order valence-corrected chi connectivity index (χ2v) is 11.3. The Bertz CT molecular complexity index is 1350. The number of rotatable bonds is 8. The van der Waals surface area contributed by atoms with Crippen molar-refractivity contribution in [1.29, 1.82) is 0 Å². The quantitative estimate of drug-likeness (QED) is 0.311. The van der Waals surface area contributed by atoms with Crippen LogP contribution in [0.1, 0.15) is 53.6 Å². The number of amides is 1. The van der Waals surface area contributed by atoms with Gasteiger partial charge in [0, 0.05) is 0 Å². The largest absolute Gasteiger partial charge is 0.183 e. The minimum atomic E-state index is -4.38. The molecule has 1 amide bonds. The molecule has 1 saturated heterocycles. The van der Waals surface area contributed by atoms with Gasteiger partial charge in [-0.05, 0) is 6.26 Å². The molecule has 224 valence electrons. The fourth-order valence-corrected chi connectivity index (χ4v) is 6.12. The van der Waals surface area contributed by atoms with Gasteiger partial charge in [0.2, 0.25) is 0 Å². The number of aromatic nitrogens is 1. The molecule has 2 aliphatic heterocycles. The molecule has 2 fully saturated rings. The summed E-state index contributed by atoms with van der Waals surface area (Å²) in [6.45, 7) is 2.71. The molecule has 6 rings (SSSR count). The maximum absolute atomic E-state index is 13.7. The number of alkyl halides is 3. The fourth-order valence-electron chi connectivity index (χ4n) is 6.12. The predicted molar refractivity (Wildman–Crippen MR) is 162 cm³/mol. The maximum Gasteiger partial charge on any atom is -0.0215 e. The third-order valence-corrected chi connectivity index (χ3v) is 8.37. The van der Waals surface area contributed by atoms with E-state index in [4.69, 9.17) is 4.52 Å². The zero-order chi connectivity index (χ0) is 29.9. The standard InChI is InChI=1S/C29H33BF3N5O2.CH4S/c1-37-12-10-19(11-13-37)35-23-8-5-9-24-22(23)15-25(38(24)17-29(31,32)33)27-30-26(40-36-27)16-34-28(39)21-14-20(21)18-6-3-2-4-7-18;1-2/h2-9,19-21,25,35H,10-17H2,1H3,(H,34,39);2H,1H3/t20-,21?,25?;/m0./s1. The topological polar surface area (TPSA) is 73.6 Å². The summed E-state index contributed by atoms with van der Waals surface area (Å²) in [6, 6.07) is 15.1. The first kappa shape index (κ1) is 30.5. The van der Waals surface area contributed by atoms with E-state index in [-0.39, 0.29) is 30.3 Å². The van der Waals surface area contributed by atoms with Crippen molar-refractivity contribution in [2.24, 2.45) is 5.92 Å². The van der Waals surface area contributed by atoms with Gasteiger partial charge in [-0.2, -0.15) is 12.6 Å². The van der Waals surface area contributed by atoms with Crippen LogP contribution in [0.3, 0.4) is 0 Å². The number of anilines is 2. The summed E-state index contributed by atoms with van der Waals surface area (Å²) in [5.74, 6) is 0.0898. The van der Waals surface area contributed by atoms with Gasteiger partial charge in [0.25, 0.3) is 0 Å². The molecule has 0 spiro atoms. The predicted octanol–water partition coefficient (Wildman–Crippen LogP) is 5.15. The Kier molecular flexibility index (Phi) is 9.52. The van der Waals surface area contributed by atoms with E-state index in [2.05, 4.69) is 40.4 Å². The Morgan fingerprint density at radius 3 is 2.57 bits per heavy atom. The van der Waals surface area contributed by atoms with Crippen LogP contribution in [0.2, 0.25) is 0 Å². The van der Waals surface area contributed by atoms with Crippen LogP contribution in [0.5, 0.6) is 0 Å². The van der Waals surface area contributed by atoms with E-state index in [1.165, 1.54) is 4.90 Å². The second kappa shape index (κ2) is 13.1. The van der Waals surface area contributed by atoms with Crippen molar-refractivity contribution < 1.29 is 22.5 Å². The van der Waals surface area contributed by atoms with Crippen LogP contribution in [-0.4, -0.2) is 68.0 Å². The van der Waals surface area contributed by atoms with Gasteiger partial charge in [0.1, 0.15) is 0 Å². The van der Waals surface area contributed by atoms with Crippen molar-refractivity contribution in [3.05, 3.63) is 70.9 Å². The molecule has 2 N–H and O–H groups in total. The summed E-state index contributed by atoms with van der Waals surface area (Å²) in [6.07, 6.45) is 0.484. The van der Waals surface area contributed by atoms with Crippen LogP contribution in [0.4, 0.5) is 24.5 Å². The first-order valence-corrected chi connectivity index (χ1v) is 15.3. The molecule has 1 saturated carbocycles. The molecule has 1 aromatic heterocycles. The average molecular weight is 600 g/mol. The van der Waals surface area contributed by atoms with E-state index in [0.717, 1.165) is 49.2 Å². The number of carbonyl (C=O) groups excluding carboxylic acids is 1. The van der Waals surface area contributed by atoms with Crippen molar-refractivity contribution in [2.75, 3.05) is 43.2 Å². The van der Waals surface area contributed by atoms with Gasteiger partial charge < -0.3 is 0 Å². The third-order valence-electron chi connectivity index (χ3n) is 8.37. The van der Waals surface area contributed by atoms with E-state index < -0.39 is 18.8 Å². The van der Waals surface area contributed by atoms with Gasteiger partial charge in [0.05, 0.1) is 0 Å². The van der Waals surface area contributed by atoms with Crippen molar-refractivity contribution in [2.45, 2.75) is 56.4 Å². The molecule has 3 heterocycles. The minimum absolute atomic E-state index is 0.0524. The van der Waals surface area contributed by atoms with Crippen LogP contribution in [-0.2, 0) is 17.8 Å². The molecule has 42 heavy (non-hydrogen) atoms. The van der Waals surface area contributed by atoms with Crippen LogP contribution in [0.25, 0.3) is 0 Å². The Morgan fingerprint density at radius 1 is 1.12 bits per heavy atom. The number of carbonyl (C=O) groups is 1. The second-order valence-electron chi connectivity index (χ2n) is 11.3. The molecule has 0 radical (unpaired) electrons. The minimum Gasteiger partial charge on any atom is -0.183 e. The number of likely N-dealkylation sites (tertiary alicyclic amines) is 1. The summed E-state index contributed by atoms with van der Waals surface area (Å²) in [4.78, 5) is 16.3. The number of fused-ring (bicyclic) bond motifs is 1. The Hall–Kier alpha value is -2.99. The van der Waals surface area contributed by atoms with E-state index >= 15 is 0 Å². The Morgan fingerprint density at radius 2 is 1.86 bits per heavy atom. The van der Waals surface area contributed by atoms with Gasteiger partial charge in [-0.3, -0.25) is 0 Å². The first-order chi connectivity index (χ1) is 20.2. The van der Waals surface area contributed by atoms with E-state index in [1.807, 2.05) is 42.5 Å². The van der Waals surface area contributed by atoms with Gasteiger partial charge in [0.15, 0.2) is 0 Å². The van der Waals surface area contributed by atoms with Crippen molar-refractivity contribution >= 4 is 36.8 Å². The number of benzene rings is 2.